The van der Waals surface area contributed by atoms with E-state index in [1.54, 1.807) is 23.1 Å². The summed E-state index contributed by atoms with van der Waals surface area (Å²) in [6, 6.07) is 12.8. The smallest absolute Gasteiger partial charge is 0.414 e. The zero-order valence-electron chi connectivity index (χ0n) is 19.1. The van der Waals surface area contributed by atoms with Crippen LogP contribution in [0.1, 0.15) is 42.4 Å². The van der Waals surface area contributed by atoms with Gasteiger partial charge in [0.25, 0.3) is 0 Å². The lowest BCUT2D eigenvalue weighted by Crippen LogP contribution is -2.28. The van der Waals surface area contributed by atoms with E-state index in [1.165, 1.54) is 0 Å². The van der Waals surface area contributed by atoms with E-state index < -0.39 is 5.97 Å². The molecule has 2 aromatic carbocycles. The lowest BCUT2D eigenvalue weighted by atomic mass is 9.86. The van der Waals surface area contributed by atoms with Gasteiger partial charge in [0, 0.05) is 34.7 Å². The Bertz CT molecular complexity index is 1250. The van der Waals surface area contributed by atoms with Crippen LogP contribution in [0.5, 0.6) is 5.75 Å². The largest absolute Gasteiger partial charge is 0.493 e. The monoisotopic (exact) mass is 475 g/mol. The van der Waals surface area contributed by atoms with Crippen molar-refractivity contribution in [3.63, 3.8) is 0 Å². The van der Waals surface area contributed by atoms with Gasteiger partial charge in [-0.3, -0.25) is 14.5 Å². The second-order valence-corrected chi connectivity index (χ2v) is 9.18. The van der Waals surface area contributed by atoms with Crippen LogP contribution in [0.3, 0.4) is 0 Å². The molecule has 2 aliphatic heterocycles. The van der Waals surface area contributed by atoms with Crippen molar-refractivity contribution in [3.05, 3.63) is 53.1 Å². The fraction of sp³-hybridized carbons (Fsp3) is 0.385. The van der Waals surface area contributed by atoms with Crippen molar-refractivity contribution >= 4 is 29.3 Å². The fourth-order valence-corrected chi connectivity index (χ4v) is 5.16. The molecule has 9 nitrogen and oxygen atoms in total. The lowest BCUT2D eigenvalue weighted by molar-refractivity contribution is -0.137. The predicted octanol–water partition coefficient (Wildman–Crippen LogP) is 3.60. The summed E-state index contributed by atoms with van der Waals surface area (Å²) in [5.74, 6) is -0.561. The van der Waals surface area contributed by atoms with Crippen LogP contribution in [0.2, 0.25) is 0 Å². The number of aryl methyl sites for hydroxylation is 1. The molecule has 1 spiro atoms. The average molecular weight is 476 g/mol. The Morgan fingerprint density at radius 1 is 1.20 bits per heavy atom. The van der Waals surface area contributed by atoms with Crippen LogP contribution in [0, 0.1) is 17.2 Å². The Labute approximate surface area is 202 Å². The maximum Gasteiger partial charge on any atom is 0.414 e. The number of cyclic esters (lactones) is 1. The number of carbonyl (C=O) groups excluding carboxylic acids is 2. The van der Waals surface area contributed by atoms with Gasteiger partial charge in [0.05, 0.1) is 24.8 Å². The van der Waals surface area contributed by atoms with Crippen molar-refractivity contribution < 1.29 is 29.0 Å². The highest BCUT2D eigenvalue weighted by Crippen LogP contribution is 2.61. The number of rotatable bonds is 7. The zero-order valence-corrected chi connectivity index (χ0v) is 19.1. The number of hydrogen-bond acceptors (Lipinski definition) is 6. The number of carboxylic acid groups (broad SMARTS) is 1. The summed E-state index contributed by atoms with van der Waals surface area (Å²) in [6.45, 7) is 1.33. The maximum absolute atomic E-state index is 13.4. The maximum atomic E-state index is 13.4. The van der Waals surface area contributed by atoms with E-state index in [9.17, 15) is 19.6 Å². The molecule has 2 atom stereocenters. The van der Waals surface area contributed by atoms with Gasteiger partial charge < -0.3 is 19.9 Å². The Morgan fingerprint density at radius 2 is 2.06 bits per heavy atom. The molecule has 35 heavy (non-hydrogen) atoms. The van der Waals surface area contributed by atoms with E-state index in [1.807, 2.05) is 18.2 Å². The van der Waals surface area contributed by atoms with Crippen LogP contribution < -0.4 is 15.0 Å². The minimum atomic E-state index is -0.871. The van der Waals surface area contributed by atoms with E-state index >= 15 is 0 Å². The molecule has 2 heterocycles. The molecule has 0 unspecified atom stereocenters. The van der Waals surface area contributed by atoms with Crippen LogP contribution in [-0.4, -0.2) is 42.8 Å². The third-order valence-corrected chi connectivity index (χ3v) is 7.10. The van der Waals surface area contributed by atoms with E-state index in [-0.39, 0.29) is 29.8 Å². The van der Waals surface area contributed by atoms with Crippen LogP contribution in [0.15, 0.2) is 36.4 Å². The van der Waals surface area contributed by atoms with Crippen molar-refractivity contribution in [1.82, 2.24) is 0 Å². The predicted molar refractivity (Wildman–Crippen MR) is 125 cm³/mol. The molecule has 1 aliphatic carbocycles. The molecular weight excluding hydrogens is 450 g/mol. The van der Waals surface area contributed by atoms with Crippen LogP contribution >= 0.6 is 0 Å². The number of nitriles is 1. The van der Waals surface area contributed by atoms with Gasteiger partial charge in [-0.25, -0.2) is 4.79 Å². The zero-order chi connectivity index (χ0) is 24.6. The van der Waals surface area contributed by atoms with Gasteiger partial charge in [-0.1, -0.05) is 6.07 Å². The summed E-state index contributed by atoms with van der Waals surface area (Å²) in [5, 5.41) is 21.3. The number of hydrogen-bond donors (Lipinski definition) is 2. The van der Waals surface area contributed by atoms with Crippen LogP contribution in [0.25, 0.3) is 0 Å². The van der Waals surface area contributed by atoms with Gasteiger partial charge in [-0.05, 0) is 61.6 Å². The van der Waals surface area contributed by atoms with Gasteiger partial charge in [-0.15, -0.1) is 0 Å². The summed E-state index contributed by atoms with van der Waals surface area (Å²) in [7, 11) is 0. The molecule has 3 aliphatic rings. The summed E-state index contributed by atoms with van der Waals surface area (Å²) >= 11 is 0. The first-order chi connectivity index (χ1) is 16.9. The molecular formula is C26H25N3O6. The summed E-state index contributed by atoms with van der Waals surface area (Å²) in [5.41, 5.74) is 3.05. The highest BCUT2D eigenvalue weighted by atomic mass is 16.6. The Morgan fingerprint density at radius 3 is 2.80 bits per heavy atom. The molecule has 0 aromatic heterocycles. The van der Waals surface area contributed by atoms with Crippen molar-refractivity contribution in [1.29, 1.82) is 5.26 Å². The van der Waals surface area contributed by atoms with Gasteiger partial charge in [0.1, 0.15) is 12.4 Å². The van der Waals surface area contributed by atoms with Crippen LogP contribution in [-0.2, 0) is 26.2 Å². The Kier molecular flexibility index (Phi) is 5.81. The molecule has 2 amide bonds. The number of anilines is 2. The molecule has 2 aromatic rings. The molecule has 0 bridgehead atoms. The minimum absolute atomic E-state index is 0.0306. The number of amides is 2. The number of aliphatic carboxylic acids is 1. The number of benzene rings is 2. The quantitative estimate of drug-likeness (QED) is 0.626. The van der Waals surface area contributed by atoms with Crippen molar-refractivity contribution in [2.45, 2.75) is 37.5 Å². The number of ether oxygens (including phenoxy) is 2. The number of fused-ring (bicyclic) bond motifs is 2. The molecule has 9 heteroatoms. The first kappa shape index (κ1) is 22.7. The second kappa shape index (κ2) is 8.95. The van der Waals surface area contributed by atoms with Crippen LogP contribution in [0.4, 0.5) is 16.2 Å². The Hall–Kier alpha value is -4.06. The average Bonchev–Trinajstić information content (AvgIpc) is 3.40. The van der Waals surface area contributed by atoms with Gasteiger partial charge in [0.2, 0.25) is 5.91 Å². The van der Waals surface area contributed by atoms with Crippen molar-refractivity contribution in [3.8, 4) is 11.8 Å². The molecule has 180 valence electrons. The molecule has 2 fully saturated rings. The standard InChI is InChI=1S/C26H25N3O6/c27-15-16-4-5-17(2-1-3-23(30)31)21(12-16)28-24(32)20-14-26(20)8-10-34-22-7-6-18(13-19(22)26)29-9-11-35-25(29)33/h4-7,12-13,20H,1-3,8-11,14H2,(H,28,32)(H,30,31)/t20-,26-/m0/s1. The number of nitrogens with one attached hydrogen (secondary N) is 1. The van der Waals surface area contributed by atoms with Gasteiger partial charge in [-0.2, -0.15) is 5.26 Å². The highest BCUT2D eigenvalue weighted by Gasteiger charge is 2.61. The highest BCUT2D eigenvalue weighted by molar-refractivity contribution is 5.97. The molecule has 1 saturated carbocycles. The van der Waals surface area contributed by atoms with E-state index in [4.69, 9.17) is 14.6 Å². The summed E-state index contributed by atoms with van der Waals surface area (Å²) in [4.78, 5) is 37.9. The first-order valence-electron chi connectivity index (χ1n) is 11.7. The minimum Gasteiger partial charge on any atom is -0.493 e. The number of carbonyl (C=O) groups is 3. The van der Waals surface area contributed by atoms with E-state index in [0.717, 1.165) is 22.6 Å². The van der Waals surface area contributed by atoms with E-state index in [0.29, 0.717) is 56.7 Å². The molecule has 5 rings (SSSR count). The molecule has 1 saturated heterocycles. The topological polar surface area (TPSA) is 129 Å². The van der Waals surface area contributed by atoms with Crippen molar-refractivity contribution in [2.75, 3.05) is 30.0 Å². The third kappa shape index (κ3) is 4.28. The first-order valence-corrected chi connectivity index (χ1v) is 11.7. The van der Waals surface area contributed by atoms with Gasteiger partial charge in [0.15, 0.2) is 0 Å². The third-order valence-electron chi connectivity index (χ3n) is 7.10. The Balaban J connectivity index is 1.37. The van der Waals surface area contributed by atoms with Gasteiger partial charge >= 0.3 is 12.1 Å². The lowest BCUT2D eigenvalue weighted by Gasteiger charge is -2.28. The SMILES string of the molecule is N#Cc1ccc(CCCC(=O)O)c(NC(=O)[C@@H]2C[C@]23CCOc2ccc(N4CCOC4=O)cc23)c1. The second-order valence-electron chi connectivity index (χ2n) is 9.18. The fourth-order valence-electron chi connectivity index (χ4n) is 5.16. The van der Waals surface area contributed by atoms with Crippen molar-refractivity contribution in [2.24, 2.45) is 5.92 Å². The molecule has 0 radical (unpaired) electrons. The number of nitrogens with zero attached hydrogens (tertiary/aromatic N) is 2. The van der Waals surface area contributed by atoms with E-state index in [2.05, 4.69) is 11.4 Å². The normalized spacial score (nSPS) is 22.1. The number of carboxylic acids is 1. The molecule has 2 N–H and O–H groups in total. The summed E-state index contributed by atoms with van der Waals surface area (Å²) in [6.07, 6.45) is 1.92. The summed E-state index contributed by atoms with van der Waals surface area (Å²) < 4.78 is 10.9.